The smallest absolute Gasteiger partial charge is 0.875 e. The van der Waals surface area contributed by atoms with E-state index in [2.05, 4.69) is 0 Å². The quantitative estimate of drug-likeness (QED) is 0.358. The zero-order valence-corrected chi connectivity index (χ0v) is 8.24. The van der Waals surface area contributed by atoms with Crippen LogP contribution in [0.4, 0.5) is 0 Å². The van der Waals surface area contributed by atoms with Gasteiger partial charge in [0.05, 0.1) is 0 Å². The third-order valence-electron chi connectivity index (χ3n) is 1.68. The average Bonchev–Trinajstić information content (AvgIpc) is 1.77. The second-order valence-corrected chi connectivity index (χ2v) is 2.41. The predicted molar refractivity (Wildman–Crippen MR) is 31.2 cm³/mol. The molecule has 0 aromatic carbocycles. The topological polar surface area (TPSA) is 23.1 Å². The van der Waals surface area contributed by atoms with E-state index < -0.39 is 0 Å². The van der Waals surface area contributed by atoms with E-state index >= 15 is 0 Å². The minimum Gasteiger partial charge on any atom is -0.875 e. The molecule has 0 atom stereocenters. The number of allylic oxidation sites excluding steroid dienone is 2. The van der Waals surface area contributed by atoms with Gasteiger partial charge in [-0.3, -0.25) is 0 Å². The predicted octanol–water partition coefficient (Wildman–Crippen LogP) is -1.80. The Morgan fingerprint density at radius 3 is 2.11 bits per heavy atom. The maximum absolute atomic E-state index is 10.8. The molecular weight excluding hydrogens is 123 g/mol. The summed E-state index contributed by atoms with van der Waals surface area (Å²) in [6.45, 7) is 1.95. The van der Waals surface area contributed by atoms with Gasteiger partial charge in [-0.2, -0.15) is 0 Å². The van der Waals surface area contributed by atoms with Gasteiger partial charge in [-0.15, -0.1) is 5.76 Å². The van der Waals surface area contributed by atoms with Crippen LogP contribution in [-0.4, -0.2) is 0 Å². The second-order valence-electron chi connectivity index (χ2n) is 2.41. The molecule has 0 amide bonds. The van der Waals surface area contributed by atoms with E-state index in [1.807, 2.05) is 6.92 Å². The van der Waals surface area contributed by atoms with Crippen LogP contribution in [0.3, 0.4) is 0 Å². The Labute approximate surface area is 78.4 Å². The minimum absolute atomic E-state index is 0. The van der Waals surface area contributed by atoms with E-state index in [0.717, 1.165) is 24.8 Å². The Kier molecular flexibility index (Phi) is 4.63. The maximum atomic E-state index is 10.8. The van der Waals surface area contributed by atoms with Crippen molar-refractivity contribution in [1.82, 2.24) is 0 Å². The number of hydrogen-bond donors (Lipinski definition) is 0. The Bertz CT molecular complexity index is 104. The molecule has 0 aliphatic heterocycles. The summed E-state index contributed by atoms with van der Waals surface area (Å²) >= 11 is 0. The molecule has 46 valence electrons. The molecule has 0 spiro atoms. The van der Waals surface area contributed by atoms with Crippen LogP contribution in [-0.2, 0) is 0 Å². The number of hydrogen-bond acceptors (Lipinski definition) is 1. The zero-order valence-electron chi connectivity index (χ0n) is 6.24. The molecule has 2 heteroatoms. The maximum Gasteiger partial charge on any atom is 1.00 e. The van der Waals surface area contributed by atoms with Crippen molar-refractivity contribution in [3.05, 3.63) is 11.3 Å². The molecule has 0 aromatic rings. The van der Waals surface area contributed by atoms with Crippen LogP contribution in [0.1, 0.15) is 32.6 Å². The summed E-state index contributed by atoms with van der Waals surface area (Å²) in [4.78, 5) is 0. The first-order chi connectivity index (χ1) is 3.80. The molecule has 0 heterocycles. The Balaban J connectivity index is 0.000000640. The zero-order chi connectivity index (χ0) is 5.98. The van der Waals surface area contributed by atoms with E-state index in [0.29, 0.717) is 5.76 Å². The van der Waals surface area contributed by atoms with Crippen molar-refractivity contribution in [2.75, 3.05) is 0 Å². The Morgan fingerprint density at radius 1 is 1.22 bits per heavy atom. The van der Waals surface area contributed by atoms with Crippen LogP contribution in [0, 0.1) is 0 Å². The van der Waals surface area contributed by atoms with E-state index in [1.54, 1.807) is 0 Å². The molecule has 0 N–H and O–H groups in total. The molecule has 9 heavy (non-hydrogen) atoms. The van der Waals surface area contributed by atoms with E-state index in [-0.39, 0.29) is 29.6 Å². The molecule has 1 aliphatic carbocycles. The van der Waals surface area contributed by atoms with E-state index in [9.17, 15) is 5.11 Å². The van der Waals surface area contributed by atoms with Crippen LogP contribution in [0.15, 0.2) is 11.3 Å². The number of rotatable bonds is 0. The summed E-state index contributed by atoms with van der Waals surface area (Å²) in [6.07, 6.45) is 4.17. The Morgan fingerprint density at radius 2 is 1.78 bits per heavy atom. The summed E-state index contributed by atoms with van der Waals surface area (Å²) in [6, 6.07) is 0. The largest absolute Gasteiger partial charge is 1.00 e. The molecule has 0 bridgehead atoms. The molecule has 0 radical (unpaired) electrons. The normalized spacial score (nSPS) is 19.2. The van der Waals surface area contributed by atoms with Gasteiger partial charge < -0.3 is 5.11 Å². The van der Waals surface area contributed by atoms with Crippen molar-refractivity contribution >= 4 is 0 Å². The van der Waals surface area contributed by atoms with Crippen LogP contribution in [0.5, 0.6) is 0 Å². The molecule has 1 aliphatic rings. The summed E-state index contributed by atoms with van der Waals surface area (Å²) in [5, 5.41) is 10.8. The SMILES string of the molecule is CC1=C([O-])CCCC1.[Na+]. The summed E-state index contributed by atoms with van der Waals surface area (Å²) in [5.41, 5.74) is 1.08. The van der Waals surface area contributed by atoms with Gasteiger partial charge in [-0.25, -0.2) is 0 Å². The molecule has 0 saturated carbocycles. The van der Waals surface area contributed by atoms with Crippen LogP contribution >= 0.6 is 0 Å². The molecule has 0 fully saturated rings. The fraction of sp³-hybridized carbons (Fsp3) is 0.714. The molecule has 0 unspecified atom stereocenters. The van der Waals surface area contributed by atoms with Crippen LogP contribution in [0.2, 0.25) is 0 Å². The molecule has 0 aromatic heterocycles. The van der Waals surface area contributed by atoms with Gasteiger partial charge in [-0.05, 0) is 26.2 Å². The average molecular weight is 134 g/mol. The standard InChI is InChI=1S/C7H12O.Na/c1-6-4-2-3-5-7(6)8;/h8H,2-5H2,1H3;/q;+1/p-1. The van der Waals surface area contributed by atoms with Gasteiger partial charge in [0.2, 0.25) is 0 Å². The van der Waals surface area contributed by atoms with E-state index in [1.165, 1.54) is 6.42 Å². The van der Waals surface area contributed by atoms with Crippen molar-refractivity contribution < 1.29 is 34.7 Å². The van der Waals surface area contributed by atoms with Gasteiger partial charge in [0.25, 0.3) is 0 Å². The van der Waals surface area contributed by atoms with Crippen molar-refractivity contribution in [1.29, 1.82) is 0 Å². The summed E-state index contributed by atoms with van der Waals surface area (Å²) < 4.78 is 0. The molecule has 1 rings (SSSR count). The monoisotopic (exact) mass is 134 g/mol. The summed E-state index contributed by atoms with van der Waals surface area (Å²) in [5.74, 6) is 0.385. The molecular formula is C7H11NaO. The first-order valence-electron chi connectivity index (χ1n) is 3.16. The minimum atomic E-state index is 0. The molecule has 0 saturated heterocycles. The van der Waals surface area contributed by atoms with Gasteiger partial charge in [0.15, 0.2) is 0 Å². The second kappa shape index (κ2) is 4.37. The van der Waals surface area contributed by atoms with Crippen LogP contribution in [0.25, 0.3) is 0 Å². The fourth-order valence-electron chi connectivity index (χ4n) is 1.03. The molecule has 1 nitrogen and oxygen atoms in total. The first-order valence-corrected chi connectivity index (χ1v) is 3.16. The summed E-state index contributed by atoms with van der Waals surface area (Å²) in [7, 11) is 0. The van der Waals surface area contributed by atoms with Crippen molar-refractivity contribution in [3.63, 3.8) is 0 Å². The third-order valence-corrected chi connectivity index (χ3v) is 1.68. The fourth-order valence-corrected chi connectivity index (χ4v) is 1.03. The van der Waals surface area contributed by atoms with Crippen molar-refractivity contribution in [3.8, 4) is 0 Å². The van der Waals surface area contributed by atoms with Crippen LogP contribution < -0.4 is 34.7 Å². The first kappa shape index (κ1) is 9.54. The van der Waals surface area contributed by atoms with Crippen molar-refractivity contribution in [2.24, 2.45) is 0 Å². The van der Waals surface area contributed by atoms with Gasteiger partial charge in [0.1, 0.15) is 0 Å². The van der Waals surface area contributed by atoms with Gasteiger partial charge in [0, 0.05) is 0 Å². The third kappa shape index (κ3) is 2.74. The van der Waals surface area contributed by atoms with Gasteiger partial charge in [-0.1, -0.05) is 12.0 Å². The Hall–Kier alpha value is 0.540. The van der Waals surface area contributed by atoms with Crippen molar-refractivity contribution in [2.45, 2.75) is 32.6 Å². The van der Waals surface area contributed by atoms with Gasteiger partial charge >= 0.3 is 29.6 Å². The van der Waals surface area contributed by atoms with E-state index in [4.69, 9.17) is 0 Å².